The Labute approximate surface area is 112 Å². The Hall–Kier alpha value is -1.02. The number of hydrogen-bond donors (Lipinski definition) is 0. The first-order chi connectivity index (χ1) is 8.76. The van der Waals surface area contributed by atoms with Crippen molar-refractivity contribution in [2.75, 3.05) is 26.2 Å². The minimum absolute atomic E-state index is 0.813. The zero-order valence-corrected chi connectivity index (χ0v) is 12.1. The third kappa shape index (κ3) is 6.06. The van der Waals surface area contributed by atoms with Gasteiger partial charge < -0.3 is 9.64 Å². The van der Waals surface area contributed by atoms with Gasteiger partial charge >= 0.3 is 0 Å². The lowest BCUT2D eigenvalue weighted by molar-refractivity contribution is 0.234. The molecule has 102 valence electrons. The van der Waals surface area contributed by atoms with Crippen molar-refractivity contribution in [3.63, 3.8) is 0 Å². The average molecular weight is 249 g/mol. The maximum Gasteiger partial charge on any atom is 0.119 e. The number of ether oxygens (including phenoxy) is 1. The second kappa shape index (κ2) is 8.98. The lowest BCUT2D eigenvalue weighted by Crippen LogP contribution is -2.27. The Balaban J connectivity index is 2.20. The number of rotatable bonds is 9. The molecule has 2 nitrogen and oxygen atoms in total. The van der Waals surface area contributed by atoms with Gasteiger partial charge in [-0.15, -0.1) is 0 Å². The lowest BCUT2D eigenvalue weighted by Gasteiger charge is -2.20. The van der Waals surface area contributed by atoms with Gasteiger partial charge in [-0.2, -0.15) is 0 Å². The third-order valence-electron chi connectivity index (χ3n) is 2.96. The quantitative estimate of drug-likeness (QED) is 0.616. The predicted octanol–water partition coefficient (Wildman–Crippen LogP) is 3.89. The first kappa shape index (κ1) is 15.0. The van der Waals surface area contributed by atoms with Crippen LogP contribution in [-0.4, -0.2) is 31.1 Å². The summed E-state index contributed by atoms with van der Waals surface area (Å²) >= 11 is 0. The highest BCUT2D eigenvalue weighted by Crippen LogP contribution is 2.12. The molecule has 0 aromatic heterocycles. The van der Waals surface area contributed by atoms with Gasteiger partial charge in [-0.1, -0.05) is 26.0 Å². The molecular weight excluding hydrogens is 222 g/mol. The first-order valence-corrected chi connectivity index (χ1v) is 7.18. The van der Waals surface area contributed by atoms with Gasteiger partial charge in [-0.05, 0) is 57.0 Å². The standard InChI is InChI=1S/C16H27NO/c1-4-10-17(11-5-2)12-7-13-18-16-9-6-8-15(3)14-16/h6,8-9,14H,4-5,7,10-13H2,1-3H3. The first-order valence-electron chi connectivity index (χ1n) is 7.18. The number of hydrogen-bond acceptors (Lipinski definition) is 2. The fourth-order valence-corrected chi connectivity index (χ4v) is 2.15. The van der Waals surface area contributed by atoms with E-state index in [1.54, 1.807) is 0 Å². The summed E-state index contributed by atoms with van der Waals surface area (Å²) in [5.74, 6) is 0.993. The molecule has 1 aromatic carbocycles. The molecule has 0 aliphatic carbocycles. The topological polar surface area (TPSA) is 12.5 Å². The SMILES string of the molecule is CCCN(CCC)CCCOc1cccc(C)c1. The van der Waals surface area contributed by atoms with Crippen molar-refractivity contribution >= 4 is 0 Å². The molecule has 1 rings (SSSR count). The van der Waals surface area contributed by atoms with Crippen LogP contribution in [0.4, 0.5) is 0 Å². The van der Waals surface area contributed by atoms with Crippen LogP contribution < -0.4 is 4.74 Å². The molecule has 0 heterocycles. The van der Waals surface area contributed by atoms with E-state index in [0.717, 1.165) is 25.3 Å². The molecule has 2 heteroatoms. The molecule has 0 saturated carbocycles. The van der Waals surface area contributed by atoms with Crippen LogP contribution in [-0.2, 0) is 0 Å². The normalized spacial score (nSPS) is 10.9. The highest BCUT2D eigenvalue weighted by atomic mass is 16.5. The lowest BCUT2D eigenvalue weighted by atomic mass is 10.2. The zero-order chi connectivity index (χ0) is 13.2. The van der Waals surface area contributed by atoms with Crippen LogP contribution in [0.1, 0.15) is 38.7 Å². The Morgan fingerprint density at radius 3 is 2.39 bits per heavy atom. The Bertz CT molecular complexity index is 319. The Kier molecular flexibility index (Phi) is 7.51. The molecule has 0 unspecified atom stereocenters. The minimum Gasteiger partial charge on any atom is -0.494 e. The Morgan fingerprint density at radius 2 is 1.78 bits per heavy atom. The van der Waals surface area contributed by atoms with Crippen LogP contribution in [0.3, 0.4) is 0 Å². The zero-order valence-electron chi connectivity index (χ0n) is 12.1. The number of aryl methyl sites for hydroxylation is 1. The molecule has 0 fully saturated rings. The summed E-state index contributed by atoms with van der Waals surface area (Å²) in [5.41, 5.74) is 1.26. The highest BCUT2D eigenvalue weighted by Gasteiger charge is 2.02. The average Bonchev–Trinajstić information content (AvgIpc) is 2.35. The van der Waals surface area contributed by atoms with Gasteiger partial charge in [0.05, 0.1) is 6.61 Å². The van der Waals surface area contributed by atoms with Crippen molar-refractivity contribution in [2.45, 2.75) is 40.0 Å². The van der Waals surface area contributed by atoms with E-state index in [4.69, 9.17) is 4.74 Å². The maximum atomic E-state index is 5.77. The molecule has 0 amide bonds. The van der Waals surface area contributed by atoms with Gasteiger partial charge in [0.25, 0.3) is 0 Å². The van der Waals surface area contributed by atoms with E-state index in [1.165, 1.54) is 31.5 Å². The molecule has 0 saturated heterocycles. The van der Waals surface area contributed by atoms with Crippen molar-refractivity contribution < 1.29 is 4.74 Å². The van der Waals surface area contributed by atoms with E-state index in [9.17, 15) is 0 Å². The van der Waals surface area contributed by atoms with Crippen LogP contribution in [0.25, 0.3) is 0 Å². The molecule has 1 aromatic rings. The van der Waals surface area contributed by atoms with Crippen molar-refractivity contribution in [2.24, 2.45) is 0 Å². The predicted molar refractivity (Wildman–Crippen MR) is 78.3 cm³/mol. The van der Waals surface area contributed by atoms with Crippen LogP contribution >= 0.6 is 0 Å². The smallest absolute Gasteiger partial charge is 0.119 e. The maximum absolute atomic E-state index is 5.77. The van der Waals surface area contributed by atoms with E-state index in [2.05, 4.69) is 37.8 Å². The monoisotopic (exact) mass is 249 g/mol. The molecule has 0 radical (unpaired) electrons. The van der Waals surface area contributed by atoms with Gasteiger partial charge in [-0.25, -0.2) is 0 Å². The summed E-state index contributed by atoms with van der Waals surface area (Å²) < 4.78 is 5.77. The van der Waals surface area contributed by atoms with Gasteiger partial charge in [0.2, 0.25) is 0 Å². The van der Waals surface area contributed by atoms with E-state index in [-0.39, 0.29) is 0 Å². The fraction of sp³-hybridized carbons (Fsp3) is 0.625. The van der Waals surface area contributed by atoms with E-state index in [0.29, 0.717) is 0 Å². The van der Waals surface area contributed by atoms with Crippen LogP contribution in [0.2, 0.25) is 0 Å². The van der Waals surface area contributed by atoms with E-state index in [1.807, 2.05) is 12.1 Å². The molecular formula is C16H27NO. The van der Waals surface area contributed by atoms with Gasteiger partial charge in [0.1, 0.15) is 5.75 Å². The second-order valence-corrected chi connectivity index (χ2v) is 4.86. The van der Waals surface area contributed by atoms with Crippen molar-refractivity contribution in [1.29, 1.82) is 0 Å². The highest BCUT2D eigenvalue weighted by molar-refractivity contribution is 5.27. The molecule has 0 spiro atoms. The number of benzene rings is 1. The molecule has 0 aliphatic heterocycles. The fourth-order valence-electron chi connectivity index (χ4n) is 2.15. The van der Waals surface area contributed by atoms with Gasteiger partial charge in [0, 0.05) is 6.54 Å². The number of nitrogens with zero attached hydrogens (tertiary/aromatic N) is 1. The summed E-state index contributed by atoms with van der Waals surface area (Å²) in [7, 11) is 0. The van der Waals surface area contributed by atoms with Crippen LogP contribution in [0.15, 0.2) is 24.3 Å². The van der Waals surface area contributed by atoms with Crippen molar-refractivity contribution in [3.05, 3.63) is 29.8 Å². The van der Waals surface area contributed by atoms with Crippen molar-refractivity contribution in [1.82, 2.24) is 4.90 Å². The summed E-state index contributed by atoms with van der Waals surface area (Å²) in [6, 6.07) is 8.26. The Morgan fingerprint density at radius 1 is 1.06 bits per heavy atom. The summed E-state index contributed by atoms with van der Waals surface area (Å²) in [4.78, 5) is 2.53. The second-order valence-electron chi connectivity index (χ2n) is 4.86. The van der Waals surface area contributed by atoms with Crippen LogP contribution in [0, 0.1) is 6.92 Å². The summed E-state index contributed by atoms with van der Waals surface area (Å²) in [5, 5.41) is 0. The van der Waals surface area contributed by atoms with Gasteiger partial charge in [-0.3, -0.25) is 0 Å². The molecule has 0 N–H and O–H groups in total. The van der Waals surface area contributed by atoms with Gasteiger partial charge in [0.15, 0.2) is 0 Å². The molecule has 0 bridgehead atoms. The molecule has 0 atom stereocenters. The third-order valence-corrected chi connectivity index (χ3v) is 2.96. The van der Waals surface area contributed by atoms with E-state index < -0.39 is 0 Å². The van der Waals surface area contributed by atoms with Crippen molar-refractivity contribution in [3.8, 4) is 5.75 Å². The molecule has 18 heavy (non-hydrogen) atoms. The minimum atomic E-state index is 0.813. The van der Waals surface area contributed by atoms with Crippen LogP contribution in [0.5, 0.6) is 5.75 Å². The van der Waals surface area contributed by atoms with E-state index >= 15 is 0 Å². The molecule has 0 aliphatic rings. The summed E-state index contributed by atoms with van der Waals surface area (Å²) in [6.45, 7) is 11.0. The summed E-state index contributed by atoms with van der Waals surface area (Å²) in [6.07, 6.45) is 3.57. The largest absolute Gasteiger partial charge is 0.494 e.